The summed E-state index contributed by atoms with van der Waals surface area (Å²) >= 11 is 0. The van der Waals surface area contributed by atoms with Crippen LogP contribution in [0.2, 0.25) is 0 Å². The Morgan fingerprint density at radius 3 is 2.41 bits per heavy atom. The number of carbonyl (C=O) groups is 2. The summed E-state index contributed by atoms with van der Waals surface area (Å²) in [6.45, 7) is 8.90. The minimum atomic E-state index is -0.532. The maximum absolute atomic E-state index is 12.5. The molecule has 0 saturated heterocycles. The second kappa shape index (κ2) is 9.90. The molecule has 0 aliphatic carbocycles. The Labute approximate surface area is 161 Å². The van der Waals surface area contributed by atoms with Crippen LogP contribution in [0.4, 0.5) is 0 Å². The Hall–Kier alpha value is -2.63. The van der Waals surface area contributed by atoms with Gasteiger partial charge in [-0.15, -0.1) is 0 Å². The van der Waals surface area contributed by atoms with Crippen LogP contribution in [0, 0.1) is 11.8 Å². The van der Waals surface area contributed by atoms with Crippen molar-refractivity contribution in [1.29, 1.82) is 0 Å². The van der Waals surface area contributed by atoms with Crippen LogP contribution in [-0.4, -0.2) is 27.6 Å². The maximum Gasteiger partial charge on any atom is 0.243 e. The number of amides is 2. The highest BCUT2D eigenvalue weighted by atomic mass is 16.2. The smallest absolute Gasteiger partial charge is 0.243 e. The largest absolute Gasteiger partial charge is 0.350 e. The summed E-state index contributed by atoms with van der Waals surface area (Å²) in [6, 6.07) is 9.56. The molecule has 1 heterocycles. The summed E-state index contributed by atoms with van der Waals surface area (Å²) in [5.41, 5.74) is 2.10. The SMILES string of the molecule is CC(C)CC(=O)NC(C(=O)NCc1cnn(Cc2ccccc2)c1)C(C)C. The standard InChI is InChI=1S/C21H30N4O2/c1-15(2)10-19(26)24-20(16(3)4)21(27)22-11-18-12-23-25(14-18)13-17-8-6-5-7-9-17/h5-9,12,14-16,20H,10-11,13H2,1-4H3,(H,22,27)(H,24,26). The third kappa shape index (κ3) is 6.89. The van der Waals surface area contributed by atoms with Crippen LogP contribution in [0.1, 0.15) is 45.2 Å². The van der Waals surface area contributed by atoms with Gasteiger partial charge in [0.1, 0.15) is 6.04 Å². The lowest BCUT2D eigenvalue weighted by Crippen LogP contribution is -2.49. The highest BCUT2D eigenvalue weighted by Crippen LogP contribution is 2.07. The summed E-state index contributed by atoms with van der Waals surface area (Å²) in [5, 5.41) is 10.1. The molecule has 0 saturated carbocycles. The lowest BCUT2D eigenvalue weighted by molar-refractivity contribution is -0.130. The molecule has 1 atom stereocenters. The molecule has 0 radical (unpaired) electrons. The summed E-state index contributed by atoms with van der Waals surface area (Å²) in [7, 11) is 0. The first-order valence-corrected chi connectivity index (χ1v) is 9.47. The zero-order valence-corrected chi connectivity index (χ0v) is 16.6. The summed E-state index contributed by atoms with van der Waals surface area (Å²) in [4.78, 5) is 24.5. The van der Waals surface area contributed by atoms with Gasteiger partial charge in [0, 0.05) is 24.7 Å². The van der Waals surface area contributed by atoms with Crippen molar-refractivity contribution < 1.29 is 9.59 Å². The van der Waals surface area contributed by atoms with E-state index in [9.17, 15) is 9.59 Å². The average molecular weight is 370 g/mol. The number of hydrogen-bond donors (Lipinski definition) is 2. The number of aromatic nitrogens is 2. The van der Waals surface area contributed by atoms with Gasteiger partial charge in [0.15, 0.2) is 0 Å². The molecule has 0 fully saturated rings. The summed E-state index contributed by atoms with van der Waals surface area (Å²) < 4.78 is 1.85. The average Bonchev–Trinajstić information content (AvgIpc) is 3.05. The Balaban J connectivity index is 1.88. The van der Waals surface area contributed by atoms with E-state index in [0.29, 0.717) is 19.5 Å². The first kappa shape index (κ1) is 20.7. The van der Waals surface area contributed by atoms with Gasteiger partial charge in [-0.05, 0) is 17.4 Å². The fourth-order valence-corrected chi connectivity index (χ4v) is 2.79. The molecule has 1 aromatic heterocycles. The van der Waals surface area contributed by atoms with Gasteiger partial charge in [-0.1, -0.05) is 58.0 Å². The molecule has 0 spiro atoms. The van der Waals surface area contributed by atoms with Crippen molar-refractivity contribution in [2.24, 2.45) is 11.8 Å². The van der Waals surface area contributed by atoms with E-state index < -0.39 is 6.04 Å². The van der Waals surface area contributed by atoms with Gasteiger partial charge < -0.3 is 10.6 Å². The van der Waals surface area contributed by atoms with Gasteiger partial charge in [-0.2, -0.15) is 5.10 Å². The van der Waals surface area contributed by atoms with Crippen LogP contribution in [0.25, 0.3) is 0 Å². The molecular formula is C21H30N4O2. The van der Waals surface area contributed by atoms with Crippen molar-refractivity contribution in [3.63, 3.8) is 0 Å². The molecule has 6 heteroatoms. The van der Waals surface area contributed by atoms with Crippen LogP contribution >= 0.6 is 0 Å². The molecule has 1 unspecified atom stereocenters. The lowest BCUT2D eigenvalue weighted by Gasteiger charge is -2.22. The Kier molecular flexibility index (Phi) is 7.58. The van der Waals surface area contributed by atoms with E-state index in [0.717, 1.165) is 5.56 Å². The van der Waals surface area contributed by atoms with Crippen LogP contribution in [0.3, 0.4) is 0 Å². The molecule has 0 aliphatic rings. The molecular weight excluding hydrogens is 340 g/mol. The van der Waals surface area contributed by atoms with Gasteiger partial charge >= 0.3 is 0 Å². The highest BCUT2D eigenvalue weighted by molar-refractivity contribution is 5.87. The Morgan fingerprint density at radius 1 is 1.07 bits per heavy atom. The van der Waals surface area contributed by atoms with Crippen molar-refractivity contribution in [2.75, 3.05) is 0 Å². The van der Waals surface area contributed by atoms with Crippen molar-refractivity contribution in [2.45, 2.75) is 53.2 Å². The van der Waals surface area contributed by atoms with Crippen molar-refractivity contribution in [3.8, 4) is 0 Å². The quantitative estimate of drug-likeness (QED) is 0.713. The zero-order chi connectivity index (χ0) is 19.8. The molecule has 2 aromatic rings. The third-order valence-corrected chi connectivity index (χ3v) is 4.20. The fraction of sp³-hybridized carbons (Fsp3) is 0.476. The van der Waals surface area contributed by atoms with Crippen LogP contribution < -0.4 is 10.6 Å². The first-order chi connectivity index (χ1) is 12.8. The first-order valence-electron chi connectivity index (χ1n) is 9.47. The molecule has 146 valence electrons. The summed E-state index contributed by atoms with van der Waals surface area (Å²) in [6.07, 6.45) is 4.10. The van der Waals surface area contributed by atoms with E-state index in [2.05, 4.69) is 27.9 Å². The van der Waals surface area contributed by atoms with Gasteiger partial charge in [-0.25, -0.2) is 0 Å². The number of nitrogens with zero attached hydrogens (tertiary/aromatic N) is 2. The third-order valence-electron chi connectivity index (χ3n) is 4.20. The summed E-state index contributed by atoms with van der Waals surface area (Å²) in [5.74, 6) is 0.0192. The molecule has 1 aromatic carbocycles. The lowest BCUT2D eigenvalue weighted by atomic mass is 10.0. The number of hydrogen-bond acceptors (Lipinski definition) is 3. The van der Waals surface area contributed by atoms with Crippen molar-refractivity contribution >= 4 is 11.8 Å². The van der Waals surface area contributed by atoms with Crippen molar-refractivity contribution in [1.82, 2.24) is 20.4 Å². The fourth-order valence-electron chi connectivity index (χ4n) is 2.79. The van der Waals surface area contributed by atoms with E-state index in [1.54, 1.807) is 6.20 Å². The van der Waals surface area contributed by atoms with E-state index >= 15 is 0 Å². The zero-order valence-electron chi connectivity index (χ0n) is 16.6. The highest BCUT2D eigenvalue weighted by Gasteiger charge is 2.24. The molecule has 2 amide bonds. The van der Waals surface area contributed by atoms with Gasteiger partial charge in [-0.3, -0.25) is 14.3 Å². The van der Waals surface area contributed by atoms with Gasteiger partial charge in [0.25, 0.3) is 0 Å². The maximum atomic E-state index is 12.5. The minimum absolute atomic E-state index is 0.0157. The van der Waals surface area contributed by atoms with Crippen molar-refractivity contribution in [3.05, 3.63) is 53.9 Å². The molecule has 6 nitrogen and oxygen atoms in total. The number of nitrogens with one attached hydrogen (secondary N) is 2. The number of rotatable bonds is 9. The van der Waals surface area contributed by atoms with Crippen LogP contribution in [0.15, 0.2) is 42.7 Å². The van der Waals surface area contributed by atoms with Crippen LogP contribution in [-0.2, 0) is 22.7 Å². The monoisotopic (exact) mass is 370 g/mol. The van der Waals surface area contributed by atoms with E-state index in [-0.39, 0.29) is 23.7 Å². The molecule has 0 aliphatic heterocycles. The van der Waals surface area contributed by atoms with E-state index in [4.69, 9.17) is 0 Å². The Morgan fingerprint density at radius 2 is 1.78 bits per heavy atom. The van der Waals surface area contributed by atoms with Gasteiger partial charge in [0.2, 0.25) is 11.8 Å². The Bertz CT molecular complexity index is 738. The minimum Gasteiger partial charge on any atom is -0.350 e. The normalized spacial score (nSPS) is 12.2. The molecule has 0 bridgehead atoms. The molecule has 2 rings (SSSR count). The number of carbonyl (C=O) groups excluding carboxylic acids is 2. The topological polar surface area (TPSA) is 76.0 Å². The second-order valence-electron chi connectivity index (χ2n) is 7.64. The molecule has 2 N–H and O–H groups in total. The predicted molar refractivity (Wildman–Crippen MR) is 106 cm³/mol. The van der Waals surface area contributed by atoms with Crippen LogP contribution in [0.5, 0.6) is 0 Å². The van der Waals surface area contributed by atoms with E-state index in [1.807, 2.05) is 56.8 Å². The second-order valence-corrected chi connectivity index (χ2v) is 7.64. The molecule has 27 heavy (non-hydrogen) atoms. The van der Waals surface area contributed by atoms with E-state index in [1.165, 1.54) is 5.56 Å². The predicted octanol–water partition coefficient (Wildman–Crippen LogP) is 2.73. The van der Waals surface area contributed by atoms with Gasteiger partial charge in [0.05, 0.1) is 12.7 Å². The number of benzene rings is 1.